The molecule has 0 saturated carbocycles. The first-order chi connectivity index (χ1) is 11.9. The molecule has 0 bridgehead atoms. The van der Waals surface area contributed by atoms with E-state index in [1.54, 1.807) is 0 Å². The molecular formula is C21H37NO2Si2. The van der Waals surface area contributed by atoms with Crippen LogP contribution >= 0.6 is 0 Å². The second-order valence-corrected chi connectivity index (χ2v) is 18.6. The molecule has 3 nitrogen and oxygen atoms in total. The van der Waals surface area contributed by atoms with Crippen LogP contribution in [-0.2, 0) is 21.5 Å². The molecule has 0 unspecified atom stereocenters. The highest BCUT2D eigenvalue weighted by atomic mass is 28.3. The van der Waals surface area contributed by atoms with Gasteiger partial charge in [-0.3, -0.25) is 0 Å². The molecule has 0 aliphatic rings. The number of hydrogen-bond acceptors (Lipinski definition) is 2. The highest BCUT2D eigenvalue weighted by Gasteiger charge is 2.25. The molecule has 0 N–H and O–H groups in total. The lowest BCUT2D eigenvalue weighted by Crippen LogP contribution is -2.27. The third-order valence-electron chi connectivity index (χ3n) is 4.56. The summed E-state index contributed by atoms with van der Waals surface area (Å²) >= 11 is 0. The molecule has 0 radical (unpaired) electrons. The quantitative estimate of drug-likeness (QED) is 0.438. The highest BCUT2D eigenvalue weighted by molar-refractivity contribution is 6.76. The number of fused-ring (bicyclic) bond motifs is 1. The molecule has 0 spiro atoms. The fourth-order valence-electron chi connectivity index (χ4n) is 2.69. The van der Waals surface area contributed by atoms with Gasteiger partial charge in [0, 0.05) is 20.9 Å². The van der Waals surface area contributed by atoms with E-state index in [9.17, 15) is 0 Å². The molecule has 0 atom stereocenters. The van der Waals surface area contributed by atoms with Gasteiger partial charge in [-0.25, -0.2) is 0 Å². The van der Waals surface area contributed by atoms with Crippen molar-refractivity contribution in [1.82, 2.24) is 4.57 Å². The Kier molecular flexibility index (Phi) is 6.59. The van der Waals surface area contributed by atoms with Crippen molar-refractivity contribution in [2.24, 2.45) is 0 Å². The van der Waals surface area contributed by atoms with Gasteiger partial charge in [-0.15, -0.1) is 0 Å². The average Bonchev–Trinajstić information content (AvgIpc) is 2.90. The van der Waals surface area contributed by atoms with Crippen molar-refractivity contribution >= 4 is 28.7 Å². The van der Waals surface area contributed by atoms with Crippen molar-refractivity contribution in [2.75, 3.05) is 6.61 Å². The van der Waals surface area contributed by atoms with Crippen molar-refractivity contribution in [2.45, 2.75) is 77.7 Å². The lowest BCUT2D eigenvalue weighted by molar-refractivity contribution is 0.0900. The summed E-state index contributed by atoms with van der Waals surface area (Å²) in [5.74, 6) is 0. The van der Waals surface area contributed by atoms with Gasteiger partial charge in [0.25, 0.3) is 0 Å². The second kappa shape index (κ2) is 8.01. The predicted octanol–water partition coefficient (Wildman–Crippen LogP) is 5.51. The Balaban J connectivity index is 2.11. The van der Waals surface area contributed by atoms with Crippen LogP contribution in [0.3, 0.4) is 0 Å². The first-order valence-electron chi connectivity index (χ1n) is 9.69. The lowest BCUT2D eigenvalue weighted by atomic mass is 9.97. The van der Waals surface area contributed by atoms with Crippen molar-refractivity contribution < 1.29 is 9.16 Å². The number of benzene rings is 1. The lowest BCUT2D eigenvalue weighted by Gasteiger charge is -2.30. The van der Waals surface area contributed by atoms with Crippen LogP contribution in [0.1, 0.15) is 40.2 Å². The Hall–Kier alpha value is -0.886. The molecule has 2 rings (SSSR count). The van der Waals surface area contributed by atoms with E-state index in [4.69, 9.17) is 9.16 Å². The van der Waals surface area contributed by atoms with Crippen LogP contribution in [0.15, 0.2) is 30.5 Å². The fourth-order valence-corrected chi connectivity index (χ4v) is 4.41. The minimum atomic E-state index is -1.04. The molecule has 0 aliphatic carbocycles. The summed E-state index contributed by atoms with van der Waals surface area (Å²) in [6, 6.07) is 10.0. The molecule has 1 aromatic carbocycles. The molecule has 1 heterocycles. The summed E-state index contributed by atoms with van der Waals surface area (Å²) < 4.78 is 14.5. The van der Waals surface area contributed by atoms with Gasteiger partial charge >= 0.3 is 0 Å². The van der Waals surface area contributed by atoms with Gasteiger partial charge in [-0.05, 0) is 48.0 Å². The van der Waals surface area contributed by atoms with Gasteiger partial charge in [-0.2, -0.15) is 0 Å². The summed E-state index contributed by atoms with van der Waals surface area (Å²) in [6.07, 6.45) is 2.13. The molecule has 5 heteroatoms. The van der Waals surface area contributed by atoms with Crippen molar-refractivity contribution in [3.8, 4) is 0 Å². The topological polar surface area (TPSA) is 23.4 Å². The van der Waals surface area contributed by atoms with Gasteiger partial charge in [0.05, 0.1) is 11.1 Å². The number of nitrogens with zero attached hydrogens (tertiary/aromatic N) is 1. The van der Waals surface area contributed by atoms with Crippen LogP contribution in [-0.4, -0.2) is 29.0 Å². The first kappa shape index (κ1) is 21.4. The van der Waals surface area contributed by atoms with Crippen molar-refractivity contribution in [3.63, 3.8) is 0 Å². The number of aromatic nitrogens is 1. The zero-order valence-corrected chi connectivity index (χ0v) is 20.4. The zero-order valence-electron chi connectivity index (χ0n) is 18.0. The molecule has 0 saturated heterocycles. The minimum absolute atomic E-state index is 0.249. The first-order valence-corrected chi connectivity index (χ1v) is 14.7. The second-order valence-electron chi connectivity index (χ2n) is 10.3. The third kappa shape index (κ3) is 6.37. The maximum Gasteiger partial charge on any atom is 0.168 e. The van der Waals surface area contributed by atoms with E-state index < -0.39 is 17.8 Å². The van der Waals surface area contributed by atoms with Gasteiger partial charge in [0.1, 0.15) is 6.73 Å². The summed E-state index contributed by atoms with van der Waals surface area (Å²) in [7, 11) is -1.64. The SMILES string of the molecule is CC(C)(C)[SiH2]OC(C)(C)c1ccc2ccn(COCC[Si](C)(C)C)c2c1. The predicted molar refractivity (Wildman–Crippen MR) is 118 cm³/mol. The van der Waals surface area contributed by atoms with E-state index in [0.29, 0.717) is 11.8 Å². The Labute approximate surface area is 163 Å². The number of ether oxygens (including phenoxy) is 1. The smallest absolute Gasteiger partial charge is 0.168 e. The number of hydrogen-bond donors (Lipinski definition) is 0. The van der Waals surface area contributed by atoms with E-state index >= 15 is 0 Å². The summed E-state index contributed by atoms with van der Waals surface area (Å²) in [5.41, 5.74) is 2.22. The van der Waals surface area contributed by atoms with E-state index in [0.717, 1.165) is 6.61 Å². The molecule has 2 aromatic rings. The standard InChI is InChI=1S/C21H37NO2Si2/c1-20(2,3)25-24-21(4,5)18-10-9-17-11-12-22(19(17)15-18)16-23-13-14-26(6,7)8/h9-12,15H,13-14,16,25H2,1-8H3. The van der Waals surface area contributed by atoms with Crippen molar-refractivity contribution in [1.29, 1.82) is 0 Å². The molecule has 146 valence electrons. The minimum Gasteiger partial charge on any atom is -0.415 e. The monoisotopic (exact) mass is 391 g/mol. The van der Waals surface area contributed by atoms with Crippen LogP contribution in [0.2, 0.25) is 30.7 Å². The van der Waals surface area contributed by atoms with Crippen LogP contribution in [0.25, 0.3) is 10.9 Å². The number of rotatable bonds is 8. The van der Waals surface area contributed by atoms with E-state index in [-0.39, 0.29) is 5.60 Å². The Morgan fingerprint density at radius 2 is 1.73 bits per heavy atom. The van der Waals surface area contributed by atoms with E-state index in [1.165, 1.54) is 22.5 Å². The molecule has 0 aliphatic heterocycles. The Morgan fingerprint density at radius 3 is 2.35 bits per heavy atom. The van der Waals surface area contributed by atoms with Crippen LogP contribution < -0.4 is 0 Å². The maximum atomic E-state index is 6.38. The van der Waals surface area contributed by atoms with Crippen LogP contribution in [0.5, 0.6) is 0 Å². The summed E-state index contributed by atoms with van der Waals surface area (Å²) in [6.45, 7) is 19.8. The largest absolute Gasteiger partial charge is 0.415 e. The zero-order chi connectivity index (χ0) is 19.6. The summed E-state index contributed by atoms with van der Waals surface area (Å²) in [5, 5.41) is 1.55. The third-order valence-corrected chi connectivity index (χ3v) is 8.00. The van der Waals surface area contributed by atoms with E-state index in [2.05, 4.69) is 89.3 Å². The molecule has 1 aromatic heterocycles. The molecule has 0 amide bonds. The van der Waals surface area contributed by atoms with Gasteiger partial charge in [0.2, 0.25) is 0 Å². The van der Waals surface area contributed by atoms with Gasteiger partial charge in [-0.1, -0.05) is 52.5 Å². The van der Waals surface area contributed by atoms with Crippen molar-refractivity contribution in [3.05, 3.63) is 36.0 Å². The molecule has 26 heavy (non-hydrogen) atoms. The molecule has 0 fully saturated rings. The van der Waals surface area contributed by atoms with E-state index in [1.807, 2.05) is 0 Å². The van der Waals surface area contributed by atoms with Crippen LogP contribution in [0.4, 0.5) is 0 Å². The fraction of sp³-hybridized carbons (Fsp3) is 0.619. The maximum absolute atomic E-state index is 6.38. The average molecular weight is 392 g/mol. The van der Waals surface area contributed by atoms with Gasteiger partial charge in [0.15, 0.2) is 9.76 Å². The summed E-state index contributed by atoms with van der Waals surface area (Å²) in [4.78, 5) is 0. The highest BCUT2D eigenvalue weighted by Crippen LogP contribution is 2.31. The Bertz CT molecular complexity index is 724. The Morgan fingerprint density at radius 1 is 1.04 bits per heavy atom. The normalized spacial score (nSPS) is 14.0. The van der Waals surface area contributed by atoms with Crippen LogP contribution in [0, 0.1) is 0 Å². The van der Waals surface area contributed by atoms with Gasteiger partial charge < -0.3 is 13.7 Å². The molecular weight excluding hydrogens is 354 g/mol.